The van der Waals surface area contributed by atoms with E-state index in [0.717, 1.165) is 4.60 Å². The Morgan fingerprint density at radius 1 is 1.50 bits per heavy atom. The van der Waals surface area contributed by atoms with Crippen LogP contribution in [-0.2, 0) is 14.3 Å². The maximum atomic E-state index is 11.4. The van der Waals surface area contributed by atoms with Crippen LogP contribution in [0.25, 0.3) is 0 Å². The van der Waals surface area contributed by atoms with Gasteiger partial charge >= 0.3 is 0 Å². The molecule has 0 saturated carbocycles. The standard InChI is InChI=1S/C13H12BrNO3/c1-13-6-5-8(16)7-10(13)17-12(18-13)9-3-2-4-11(14)15-9/h2-6,10,12H,7H2,1H3/t10-,12+,13+/m1/s1. The number of nitrogens with zero attached hydrogens (tertiary/aromatic N) is 1. The average molecular weight is 310 g/mol. The van der Waals surface area contributed by atoms with Crippen LogP contribution >= 0.6 is 15.9 Å². The van der Waals surface area contributed by atoms with E-state index >= 15 is 0 Å². The molecule has 0 N–H and O–H groups in total. The van der Waals surface area contributed by atoms with Gasteiger partial charge in [-0.25, -0.2) is 4.98 Å². The lowest BCUT2D eigenvalue weighted by atomic mass is 9.89. The van der Waals surface area contributed by atoms with Crippen molar-refractivity contribution in [2.75, 3.05) is 0 Å². The van der Waals surface area contributed by atoms with Gasteiger partial charge in [0.1, 0.15) is 16.3 Å². The molecule has 18 heavy (non-hydrogen) atoms. The van der Waals surface area contributed by atoms with E-state index in [2.05, 4.69) is 20.9 Å². The lowest BCUT2D eigenvalue weighted by Crippen LogP contribution is -2.38. The van der Waals surface area contributed by atoms with Crippen LogP contribution in [-0.4, -0.2) is 22.5 Å². The van der Waals surface area contributed by atoms with Crippen LogP contribution in [0.1, 0.15) is 25.3 Å². The third-order valence-corrected chi connectivity index (χ3v) is 3.69. The van der Waals surface area contributed by atoms with Gasteiger partial charge < -0.3 is 9.47 Å². The molecule has 0 bridgehead atoms. The first kappa shape index (κ1) is 12.0. The summed E-state index contributed by atoms with van der Waals surface area (Å²) in [5.41, 5.74) is 0.170. The molecule has 4 nitrogen and oxygen atoms in total. The van der Waals surface area contributed by atoms with E-state index in [1.54, 1.807) is 12.2 Å². The molecule has 0 unspecified atom stereocenters. The molecular weight excluding hydrogens is 298 g/mol. The van der Waals surface area contributed by atoms with Crippen LogP contribution in [0.2, 0.25) is 0 Å². The average Bonchev–Trinajstić information content (AvgIpc) is 2.67. The number of allylic oxidation sites excluding steroid dienone is 1. The molecule has 0 aromatic carbocycles. The molecule has 2 heterocycles. The highest BCUT2D eigenvalue weighted by molar-refractivity contribution is 9.10. The fourth-order valence-corrected chi connectivity index (χ4v) is 2.57. The number of carbonyl (C=O) groups is 1. The van der Waals surface area contributed by atoms with E-state index in [9.17, 15) is 4.79 Å². The fraction of sp³-hybridized carbons (Fsp3) is 0.385. The summed E-state index contributed by atoms with van der Waals surface area (Å²) in [6.07, 6.45) is 2.95. The third-order valence-electron chi connectivity index (χ3n) is 3.25. The van der Waals surface area contributed by atoms with Gasteiger partial charge in [-0.1, -0.05) is 6.07 Å². The third kappa shape index (κ3) is 2.02. The maximum absolute atomic E-state index is 11.4. The smallest absolute Gasteiger partial charge is 0.202 e. The summed E-state index contributed by atoms with van der Waals surface area (Å²) in [6.45, 7) is 1.93. The van der Waals surface area contributed by atoms with Crippen LogP contribution in [0, 0.1) is 0 Å². The number of hydrogen-bond donors (Lipinski definition) is 0. The zero-order chi connectivity index (χ0) is 12.8. The minimum absolute atomic E-state index is 0.0731. The number of aromatic nitrogens is 1. The summed E-state index contributed by atoms with van der Waals surface area (Å²) in [4.78, 5) is 15.7. The number of rotatable bonds is 1. The Balaban J connectivity index is 1.88. The molecule has 0 spiro atoms. The Bertz CT molecular complexity index is 531. The van der Waals surface area contributed by atoms with Crippen molar-refractivity contribution in [3.05, 3.63) is 40.6 Å². The van der Waals surface area contributed by atoms with Crippen molar-refractivity contribution in [2.24, 2.45) is 0 Å². The van der Waals surface area contributed by atoms with Gasteiger partial charge in [0.05, 0.1) is 5.69 Å². The van der Waals surface area contributed by atoms with Crippen molar-refractivity contribution in [1.29, 1.82) is 0 Å². The van der Waals surface area contributed by atoms with Crippen LogP contribution < -0.4 is 0 Å². The topological polar surface area (TPSA) is 48.4 Å². The highest BCUT2D eigenvalue weighted by Crippen LogP contribution is 2.41. The zero-order valence-electron chi connectivity index (χ0n) is 9.80. The van der Waals surface area contributed by atoms with Crippen molar-refractivity contribution in [3.8, 4) is 0 Å². The van der Waals surface area contributed by atoms with Gasteiger partial charge in [-0.15, -0.1) is 0 Å². The van der Waals surface area contributed by atoms with Gasteiger partial charge in [0, 0.05) is 6.42 Å². The number of ether oxygens (including phenoxy) is 2. The van der Waals surface area contributed by atoms with Crippen LogP contribution in [0.15, 0.2) is 35.0 Å². The van der Waals surface area contributed by atoms with E-state index in [1.165, 1.54) is 0 Å². The highest BCUT2D eigenvalue weighted by Gasteiger charge is 2.48. The summed E-state index contributed by atoms with van der Waals surface area (Å²) in [5.74, 6) is 0.0731. The summed E-state index contributed by atoms with van der Waals surface area (Å²) in [5, 5.41) is 0. The van der Waals surface area contributed by atoms with Crippen molar-refractivity contribution < 1.29 is 14.3 Å². The zero-order valence-corrected chi connectivity index (χ0v) is 11.4. The van der Waals surface area contributed by atoms with Crippen molar-refractivity contribution in [2.45, 2.75) is 31.3 Å². The van der Waals surface area contributed by atoms with E-state index < -0.39 is 11.9 Å². The molecule has 0 radical (unpaired) electrons. The number of fused-ring (bicyclic) bond motifs is 1. The van der Waals surface area contributed by atoms with E-state index in [1.807, 2.05) is 25.1 Å². The predicted molar refractivity (Wildman–Crippen MR) is 67.8 cm³/mol. The molecule has 1 aromatic rings. The van der Waals surface area contributed by atoms with Crippen molar-refractivity contribution in [1.82, 2.24) is 4.98 Å². The summed E-state index contributed by atoms with van der Waals surface area (Å²) in [6, 6.07) is 5.57. The Morgan fingerprint density at radius 2 is 2.33 bits per heavy atom. The molecule has 1 aliphatic carbocycles. The fourth-order valence-electron chi connectivity index (χ4n) is 2.21. The van der Waals surface area contributed by atoms with E-state index in [0.29, 0.717) is 12.1 Å². The predicted octanol–water partition coefficient (Wildman–Crippen LogP) is 2.55. The number of hydrogen-bond acceptors (Lipinski definition) is 4. The van der Waals surface area contributed by atoms with Gasteiger partial charge in [0.2, 0.25) is 6.29 Å². The minimum Gasteiger partial charge on any atom is -0.340 e. The first-order valence-electron chi connectivity index (χ1n) is 5.75. The van der Waals surface area contributed by atoms with Crippen LogP contribution in [0.4, 0.5) is 0 Å². The second-order valence-electron chi connectivity index (χ2n) is 4.65. The molecule has 1 aromatic heterocycles. The largest absolute Gasteiger partial charge is 0.340 e. The molecular formula is C13H12BrNO3. The van der Waals surface area contributed by atoms with Gasteiger partial charge in [-0.2, -0.15) is 0 Å². The summed E-state index contributed by atoms with van der Waals surface area (Å²) < 4.78 is 12.4. The quantitative estimate of drug-likeness (QED) is 0.748. The number of carbonyl (C=O) groups excluding carboxylic acids is 1. The normalized spacial score (nSPS) is 34.7. The first-order chi connectivity index (χ1) is 8.57. The Hall–Kier alpha value is -1.04. The molecule has 3 rings (SSSR count). The molecule has 5 heteroatoms. The summed E-state index contributed by atoms with van der Waals surface area (Å²) >= 11 is 3.32. The molecule has 1 fully saturated rings. The van der Waals surface area contributed by atoms with Crippen molar-refractivity contribution >= 4 is 21.7 Å². The van der Waals surface area contributed by atoms with Crippen LogP contribution in [0.5, 0.6) is 0 Å². The monoisotopic (exact) mass is 309 g/mol. The second kappa shape index (κ2) is 4.26. The SMILES string of the molecule is C[C@]12C=CC(=O)C[C@H]1O[C@H](c1cccc(Br)n1)O2. The Kier molecular flexibility index (Phi) is 2.84. The molecule has 0 amide bonds. The van der Waals surface area contributed by atoms with Gasteiger partial charge in [-0.05, 0) is 47.1 Å². The van der Waals surface area contributed by atoms with Crippen LogP contribution in [0.3, 0.4) is 0 Å². The molecule has 1 aliphatic heterocycles. The Labute approximate surface area is 113 Å². The molecule has 1 saturated heterocycles. The lowest BCUT2D eigenvalue weighted by molar-refractivity contribution is -0.118. The van der Waals surface area contributed by atoms with E-state index in [-0.39, 0.29) is 11.9 Å². The van der Waals surface area contributed by atoms with Crippen molar-refractivity contribution in [3.63, 3.8) is 0 Å². The molecule has 2 aliphatic rings. The summed E-state index contributed by atoms with van der Waals surface area (Å²) in [7, 11) is 0. The first-order valence-corrected chi connectivity index (χ1v) is 6.54. The number of halogens is 1. The van der Waals surface area contributed by atoms with Gasteiger partial charge in [-0.3, -0.25) is 4.79 Å². The second-order valence-corrected chi connectivity index (χ2v) is 5.46. The van der Waals surface area contributed by atoms with Gasteiger partial charge in [0.15, 0.2) is 5.78 Å². The molecule has 3 atom stereocenters. The lowest BCUT2D eigenvalue weighted by Gasteiger charge is -2.26. The van der Waals surface area contributed by atoms with Gasteiger partial charge in [0.25, 0.3) is 0 Å². The Morgan fingerprint density at radius 3 is 3.11 bits per heavy atom. The number of ketones is 1. The highest BCUT2D eigenvalue weighted by atomic mass is 79.9. The number of pyridine rings is 1. The maximum Gasteiger partial charge on any atom is 0.202 e. The van der Waals surface area contributed by atoms with E-state index in [4.69, 9.17) is 9.47 Å². The minimum atomic E-state index is -0.539. The molecule has 94 valence electrons.